The Morgan fingerprint density at radius 3 is 2.48 bits per heavy atom. The largest absolute Gasteiger partial charge is 0.340 e. The third-order valence-electron chi connectivity index (χ3n) is 3.62. The third kappa shape index (κ3) is 2.83. The van der Waals surface area contributed by atoms with Gasteiger partial charge in [0, 0.05) is 15.9 Å². The minimum Gasteiger partial charge on any atom is -0.340 e. The zero-order valence-electron chi connectivity index (χ0n) is 12.1. The van der Waals surface area contributed by atoms with Gasteiger partial charge in [-0.25, -0.2) is 9.97 Å². The Bertz CT molecular complexity index is 946. The minimum atomic E-state index is 0.792. The number of hydrogen-bond donors (Lipinski definition) is 2. The van der Waals surface area contributed by atoms with Crippen molar-refractivity contribution >= 4 is 38.5 Å². The molecule has 0 bridgehead atoms. The van der Waals surface area contributed by atoms with Crippen LogP contribution < -0.4 is 5.32 Å². The summed E-state index contributed by atoms with van der Waals surface area (Å²) in [5, 5.41) is 4.31. The molecule has 0 spiro atoms. The van der Waals surface area contributed by atoms with E-state index in [0.717, 1.165) is 38.3 Å². The van der Waals surface area contributed by atoms with Crippen molar-refractivity contribution in [2.75, 3.05) is 5.32 Å². The lowest BCUT2D eigenvalue weighted by Gasteiger charge is -2.05. The Hall–Kier alpha value is -2.66. The van der Waals surface area contributed by atoms with E-state index in [-0.39, 0.29) is 0 Å². The molecule has 0 aliphatic rings. The highest BCUT2D eigenvalue weighted by atomic mass is 79.9. The Morgan fingerprint density at radius 1 is 0.913 bits per heavy atom. The summed E-state index contributed by atoms with van der Waals surface area (Å²) in [4.78, 5) is 12.1. The molecule has 2 heterocycles. The number of halogens is 1. The van der Waals surface area contributed by atoms with Crippen LogP contribution in [0.2, 0.25) is 0 Å². The van der Waals surface area contributed by atoms with Crippen LogP contribution in [-0.4, -0.2) is 15.0 Å². The van der Waals surface area contributed by atoms with E-state index < -0.39 is 0 Å². The summed E-state index contributed by atoms with van der Waals surface area (Å²) >= 11 is 3.46. The van der Waals surface area contributed by atoms with Crippen molar-refractivity contribution in [2.45, 2.75) is 0 Å². The van der Waals surface area contributed by atoms with Crippen molar-refractivity contribution in [2.24, 2.45) is 0 Å². The van der Waals surface area contributed by atoms with Gasteiger partial charge in [-0.3, -0.25) is 0 Å². The number of rotatable bonds is 3. The fourth-order valence-corrected chi connectivity index (χ4v) is 2.75. The number of aromatic amines is 1. The highest BCUT2D eigenvalue weighted by Gasteiger charge is 2.09. The molecule has 5 heteroatoms. The van der Waals surface area contributed by atoms with E-state index in [1.807, 2.05) is 42.5 Å². The molecule has 23 heavy (non-hydrogen) atoms. The first-order valence-electron chi connectivity index (χ1n) is 7.21. The van der Waals surface area contributed by atoms with Crippen LogP contribution in [0.4, 0.5) is 11.5 Å². The predicted molar refractivity (Wildman–Crippen MR) is 96.7 cm³/mol. The topological polar surface area (TPSA) is 53.6 Å². The molecule has 0 fully saturated rings. The van der Waals surface area contributed by atoms with Crippen LogP contribution in [0.3, 0.4) is 0 Å². The Morgan fingerprint density at radius 2 is 1.70 bits per heavy atom. The van der Waals surface area contributed by atoms with Gasteiger partial charge in [0.05, 0.1) is 5.39 Å². The first-order valence-corrected chi connectivity index (χ1v) is 8.00. The van der Waals surface area contributed by atoms with Crippen LogP contribution in [0.15, 0.2) is 71.5 Å². The molecule has 0 unspecified atom stereocenters. The van der Waals surface area contributed by atoms with Crippen LogP contribution in [0.25, 0.3) is 22.3 Å². The van der Waals surface area contributed by atoms with Gasteiger partial charge in [-0.1, -0.05) is 46.3 Å². The number of anilines is 2. The summed E-state index contributed by atoms with van der Waals surface area (Å²) < 4.78 is 1.06. The molecule has 0 amide bonds. The summed E-state index contributed by atoms with van der Waals surface area (Å²) in [7, 11) is 0. The van der Waals surface area contributed by atoms with Gasteiger partial charge in [-0.2, -0.15) is 0 Å². The average molecular weight is 365 g/mol. The minimum absolute atomic E-state index is 0.792. The summed E-state index contributed by atoms with van der Waals surface area (Å²) in [6, 6.07) is 20.2. The Balaban J connectivity index is 1.77. The van der Waals surface area contributed by atoms with Gasteiger partial charge in [0.2, 0.25) is 0 Å². The van der Waals surface area contributed by atoms with Crippen LogP contribution >= 0.6 is 15.9 Å². The van der Waals surface area contributed by atoms with Crippen molar-refractivity contribution in [1.29, 1.82) is 0 Å². The van der Waals surface area contributed by atoms with E-state index >= 15 is 0 Å². The fourth-order valence-electron chi connectivity index (χ4n) is 2.48. The predicted octanol–water partition coefficient (Wildman–Crippen LogP) is 5.13. The van der Waals surface area contributed by atoms with Crippen LogP contribution in [0.5, 0.6) is 0 Å². The number of benzene rings is 2. The van der Waals surface area contributed by atoms with E-state index in [9.17, 15) is 0 Å². The third-order valence-corrected chi connectivity index (χ3v) is 4.15. The molecule has 4 rings (SSSR count). The lowest BCUT2D eigenvalue weighted by atomic mass is 10.1. The second kappa shape index (κ2) is 5.85. The van der Waals surface area contributed by atoms with Crippen LogP contribution in [0.1, 0.15) is 0 Å². The van der Waals surface area contributed by atoms with E-state index in [1.165, 1.54) is 0 Å². The summed E-state index contributed by atoms with van der Waals surface area (Å²) in [6.45, 7) is 0. The lowest BCUT2D eigenvalue weighted by molar-refractivity contribution is 1.20. The second-order valence-corrected chi connectivity index (χ2v) is 6.08. The highest BCUT2D eigenvalue weighted by Crippen LogP contribution is 2.28. The molecule has 4 aromatic rings. The van der Waals surface area contributed by atoms with E-state index in [1.54, 1.807) is 6.33 Å². The van der Waals surface area contributed by atoms with Gasteiger partial charge >= 0.3 is 0 Å². The standard InChI is InChI=1S/C18H13BrN4/c19-13-8-6-12(7-9-13)16-10-15-17(20-11-21-18(15)23-16)22-14-4-2-1-3-5-14/h1-11H,(H2,20,21,22,23). The molecular formula is C18H13BrN4. The Kier molecular flexibility index (Phi) is 3.55. The van der Waals surface area contributed by atoms with Gasteiger partial charge in [0.1, 0.15) is 17.8 Å². The highest BCUT2D eigenvalue weighted by molar-refractivity contribution is 9.10. The number of fused-ring (bicyclic) bond motifs is 1. The van der Waals surface area contributed by atoms with Crippen molar-refractivity contribution in [3.8, 4) is 11.3 Å². The number of nitrogens with zero attached hydrogens (tertiary/aromatic N) is 2. The van der Waals surface area contributed by atoms with Crippen LogP contribution in [0, 0.1) is 0 Å². The molecule has 2 aromatic carbocycles. The molecule has 0 saturated heterocycles. The van der Waals surface area contributed by atoms with E-state index in [2.05, 4.69) is 54.4 Å². The van der Waals surface area contributed by atoms with Gasteiger partial charge in [-0.05, 0) is 35.9 Å². The Labute approximate surface area is 141 Å². The second-order valence-electron chi connectivity index (χ2n) is 5.17. The van der Waals surface area contributed by atoms with E-state index in [4.69, 9.17) is 0 Å². The maximum atomic E-state index is 4.37. The number of para-hydroxylation sites is 1. The maximum absolute atomic E-state index is 4.37. The number of H-pyrrole nitrogens is 1. The first kappa shape index (κ1) is 14.0. The van der Waals surface area contributed by atoms with Crippen molar-refractivity contribution in [3.63, 3.8) is 0 Å². The first-order chi connectivity index (χ1) is 11.3. The van der Waals surface area contributed by atoms with Gasteiger partial charge in [-0.15, -0.1) is 0 Å². The quantitative estimate of drug-likeness (QED) is 0.529. The molecule has 0 saturated carbocycles. The molecule has 0 atom stereocenters. The lowest BCUT2D eigenvalue weighted by Crippen LogP contribution is -1.94. The number of nitrogens with one attached hydrogen (secondary N) is 2. The van der Waals surface area contributed by atoms with Crippen molar-refractivity contribution in [3.05, 3.63) is 71.5 Å². The molecule has 4 nitrogen and oxygen atoms in total. The molecule has 2 N–H and O–H groups in total. The summed E-state index contributed by atoms with van der Waals surface area (Å²) in [6.07, 6.45) is 1.56. The zero-order valence-corrected chi connectivity index (χ0v) is 13.7. The maximum Gasteiger partial charge on any atom is 0.143 e. The monoisotopic (exact) mass is 364 g/mol. The number of hydrogen-bond acceptors (Lipinski definition) is 3. The van der Waals surface area contributed by atoms with Gasteiger partial charge in [0.25, 0.3) is 0 Å². The van der Waals surface area contributed by atoms with Gasteiger partial charge < -0.3 is 10.3 Å². The molecule has 112 valence electrons. The van der Waals surface area contributed by atoms with Crippen LogP contribution in [-0.2, 0) is 0 Å². The SMILES string of the molecule is Brc1ccc(-c2cc3c(Nc4ccccc4)ncnc3[nH]2)cc1. The molecule has 0 radical (unpaired) electrons. The van der Waals surface area contributed by atoms with E-state index in [0.29, 0.717) is 0 Å². The number of aromatic nitrogens is 3. The smallest absolute Gasteiger partial charge is 0.143 e. The summed E-state index contributed by atoms with van der Waals surface area (Å²) in [5.74, 6) is 0.792. The normalized spacial score (nSPS) is 10.8. The molecule has 2 aromatic heterocycles. The molecular weight excluding hydrogens is 352 g/mol. The molecule has 0 aliphatic heterocycles. The van der Waals surface area contributed by atoms with Crippen molar-refractivity contribution in [1.82, 2.24) is 15.0 Å². The molecule has 0 aliphatic carbocycles. The fraction of sp³-hybridized carbons (Fsp3) is 0. The average Bonchev–Trinajstić information content (AvgIpc) is 3.02. The zero-order chi connectivity index (χ0) is 15.6. The summed E-state index contributed by atoms with van der Waals surface area (Å²) in [5.41, 5.74) is 3.94. The van der Waals surface area contributed by atoms with Gasteiger partial charge in [0.15, 0.2) is 0 Å². The van der Waals surface area contributed by atoms with Crippen molar-refractivity contribution < 1.29 is 0 Å².